The maximum atomic E-state index is 12.8. The molecular formula is C24H25F3N2O4. The maximum Gasteiger partial charge on any atom is 0.416 e. The average molecular weight is 462 g/mol. The molecule has 0 unspecified atom stereocenters. The number of carbonyl (C=O) groups is 2. The summed E-state index contributed by atoms with van der Waals surface area (Å²) in [6, 6.07) is 10.6. The van der Waals surface area contributed by atoms with Crippen LogP contribution in [0.25, 0.3) is 6.08 Å². The molecule has 176 valence electrons. The lowest BCUT2D eigenvalue weighted by atomic mass is 10.1. The van der Waals surface area contributed by atoms with Gasteiger partial charge in [-0.1, -0.05) is 25.0 Å². The molecule has 0 radical (unpaired) electrons. The Kier molecular flexibility index (Phi) is 8.11. The van der Waals surface area contributed by atoms with Crippen LogP contribution >= 0.6 is 0 Å². The third-order valence-corrected chi connectivity index (χ3v) is 5.05. The first-order valence-corrected chi connectivity index (χ1v) is 10.6. The maximum absolute atomic E-state index is 12.8. The third kappa shape index (κ3) is 7.64. The predicted molar refractivity (Wildman–Crippen MR) is 116 cm³/mol. The fraction of sp³-hybridized carbons (Fsp3) is 0.333. The summed E-state index contributed by atoms with van der Waals surface area (Å²) in [5, 5.41) is 13.8. The molecule has 2 aromatic rings. The second kappa shape index (κ2) is 11.0. The van der Waals surface area contributed by atoms with E-state index in [0.29, 0.717) is 12.4 Å². The largest absolute Gasteiger partial charge is 0.494 e. The number of carbonyl (C=O) groups excluding carboxylic acids is 2. The molecule has 1 saturated carbocycles. The summed E-state index contributed by atoms with van der Waals surface area (Å²) in [7, 11) is 0. The molecule has 6 nitrogen and oxygen atoms in total. The van der Waals surface area contributed by atoms with Crippen molar-refractivity contribution in [2.24, 2.45) is 5.92 Å². The van der Waals surface area contributed by atoms with Gasteiger partial charge in [0.1, 0.15) is 11.4 Å². The number of hydrogen-bond donors (Lipinski definition) is 3. The quantitative estimate of drug-likeness (QED) is 0.469. The zero-order chi connectivity index (χ0) is 23.8. The molecule has 0 atom stereocenters. The smallest absolute Gasteiger partial charge is 0.416 e. The first-order chi connectivity index (χ1) is 15.8. The number of amides is 2. The van der Waals surface area contributed by atoms with Crippen LogP contribution in [0.15, 0.2) is 54.2 Å². The summed E-state index contributed by atoms with van der Waals surface area (Å²) in [5.74, 6) is 0.129. The number of nitrogens with one attached hydrogen (secondary N) is 2. The molecule has 1 fully saturated rings. The van der Waals surface area contributed by atoms with Crippen LogP contribution in [0.2, 0.25) is 0 Å². The number of hydrogen-bond acceptors (Lipinski definition) is 4. The van der Waals surface area contributed by atoms with Gasteiger partial charge < -0.3 is 20.5 Å². The van der Waals surface area contributed by atoms with Crippen molar-refractivity contribution in [2.45, 2.75) is 25.4 Å². The molecule has 1 aliphatic rings. The van der Waals surface area contributed by atoms with Crippen molar-refractivity contribution in [3.8, 4) is 5.75 Å². The van der Waals surface area contributed by atoms with Crippen LogP contribution in [-0.4, -0.2) is 36.7 Å². The molecule has 3 rings (SSSR count). The van der Waals surface area contributed by atoms with Crippen LogP contribution in [0.4, 0.5) is 13.2 Å². The van der Waals surface area contributed by atoms with Gasteiger partial charge in [0.25, 0.3) is 11.8 Å². The number of ether oxygens (including phenoxy) is 1. The van der Waals surface area contributed by atoms with E-state index >= 15 is 0 Å². The summed E-state index contributed by atoms with van der Waals surface area (Å²) < 4.78 is 44.0. The first-order valence-electron chi connectivity index (χ1n) is 10.6. The number of rotatable bonds is 10. The molecule has 0 spiro atoms. The molecule has 3 N–H and O–H groups in total. The number of halogens is 3. The highest BCUT2D eigenvalue weighted by Crippen LogP contribution is 2.32. The zero-order valence-electron chi connectivity index (χ0n) is 17.8. The normalized spacial score (nSPS) is 14.0. The minimum Gasteiger partial charge on any atom is -0.494 e. The molecule has 0 aliphatic heterocycles. The lowest BCUT2D eigenvalue weighted by molar-refractivity contribution is -0.137. The number of aliphatic hydroxyl groups excluding tert-OH is 1. The number of benzene rings is 2. The van der Waals surface area contributed by atoms with E-state index in [0.717, 1.165) is 24.5 Å². The predicted octanol–water partition coefficient (Wildman–Crippen LogP) is 3.76. The molecule has 2 aromatic carbocycles. The lowest BCUT2D eigenvalue weighted by Gasteiger charge is -2.12. The summed E-state index contributed by atoms with van der Waals surface area (Å²) in [5.41, 5.74) is -0.429. The molecule has 2 amide bonds. The van der Waals surface area contributed by atoms with Crippen molar-refractivity contribution in [3.05, 3.63) is 70.9 Å². The molecule has 9 heteroatoms. The van der Waals surface area contributed by atoms with Crippen molar-refractivity contribution in [1.29, 1.82) is 0 Å². The SMILES string of the molecule is O=C(NCCO)/C(=C/c1ccc(C(F)(F)F)cc1)NC(=O)c1ccc(OCCC2CC2)cc1. The molecule has 0 heterocycles. The Hall–Kier alpha value is -3.33. The van der Waals surface area contributed by atoms with E-state index in [-0.39, 0.29) is 30.0 Å². The second-order valence-electron chi connectivity index (χ2n) is 7.72. The van der Waals surface area contributed by atoms with Gasteiger partial charge in [0.15, 0.2) is 0 Å². The molecule has 0 saturated heterocycles. The topological polar surface area (TPSA) is 87.7 Å². The van der Waals surface area contributed by atoms with Crippen molar-refractivity contribution in [2.75, 3.05) is 19.8 Å². The standard InChI is InChI=1S/C24H25F3N2O4/c25-24(26,27)19-7-3-17(4-8-19)15-21(23(32)28-12-13-30)29-22(31)18-5-9-20(10-6-18)33-14-11-16-1-2-16/h3-10,15-16,30H,1-2,11-14H2,(H,28,32)(H,29,31)/b21-15-. The summed E-state index contributed by atoms with van der Waals surface area (Å²) in [4.78, 5) is 25.1. The first kappa shape index (κ1) is 24.3. The summed E-state index contributed by atoms with van der Waals surface area (Å²) in [6.07, 6.45) is 0.280. The van der Waals surface area contributed by atoms with E-state index in [1.165, 1.54) is 31.1 Å². The minimum atomic E-state index is -4.48. The summed E-state index contributed by atoms with van der Waals surface area (Å²) >= 11 is 0. The van der Waals surface area contributed by atoms with Crippen LogP contribution in [0.3, 0.4) is 0 Å². The van der Waals surface area contributed by atoms with Gasteiger partial charge in [-0.15, -0.1) is 0 Å². The van der Waals surface area contributed by atoms with Gasteiger partial charge in [0, 0.05) is 12.1 Å². The van der Waals surface area contributed by atoms with Gasteiger partial charge >= 0.3 is 6.18 Å². The Bertz CT molecular complexity index is 982. The van der Waals surface area contributed by atoms with Gasteiger partial charge in [-0.2, -0.15) is 13.2 Å². The number of alkyl halides is 3. The van der Waals surface area contributed by atoms with E-state index in [9.17, 15) is 22.8 Å². The van der Waals surface area contributed by atoms with Gasteiger partial charge in [0.2, 0.25) is 0 Å². The van der Waals surface area contributed by atoms with Gasteiger partial charge in [-0.05, 0) is 60.4 Å². The van der Waals surface area contributed by atoms with Crippen LogP contribution < -0.4 is 15.4 Å². The molecule has 33 heavy (non-hydrogen) atoms. The van der Waals surface area contributed by atoms with Gasteiger partial charge in [-0.3, -0.25) is 9.59 Å². The Morgan fingerprint density at radius 2 is 1.73 bits per heavy atom. The van der Waals surface area contributed by atoms with E-state index in [2.05, 4.69) is 10.6 Å². The Morgan fingerprint density at radius 1 is 1.06 bits per heavy atom. The Morgan fingerprint density at radius 3 is 2.30 bits per heavy atom. The fourth-order valence-corrected chi connectivity index (χ4v) is 3.01. The minimum absolute atomic E-state index is 0.0497. The monoisotopic (exact) mass is 462 g/mol. The molecule has 0 aromatic heterocycles. The zero-order valence-corrected chi connectivity index (χ0v) is 17.8. The highest BCUT2D eigenvalue weighted by Gasteiger charge is 2.30. The van der Waals surface area contributed by atoms with Crippen molar-refractivity contribution in [3.63, 3.8) is 0 Å². The van der Waals surface area contributed by atoms with Crippen LogP contribution in [-0.2, 0) is 11.0 Å². The average Bonchev–Trinajstić information content (AvgIpc) is 3.61. The van der Waals surface area contributed by atoms with E-state index in [4.69, 9.17) is 9.84 Å². The van der Waals surface area contributed by atoms with Crippen molar-refractivity contribution >= 4 is 17.9 Å². The molecule has 1 aliphatic carbocycles. The van der Waals surface area contributed by atoms with E-state index in [1.807, 2.05) is 0 Å². The Balaban J connectivity index is 1.70. The van der Waals surface area contributed by atoms with Gasteiger partial charge in [-0.25, -0.2) is 0 Å². The number of aliphatic hydroxyl groups is 1. The fourth-order valence-electron chi connectivity index (χ4n) is 3.01. The molecular weight excluding hydrogens is 437 g/mol. The second-order valence-corrected chi connectivity index (χ2v) is 7.72. The Labute approximate surface area is 189 Å². The third-order valence-electron chi connectivity index (χ3n) is 5.05. The van der Waals surface area contributed by atoms with E-state index in [1.54, 1.807) is 24.3 Å². The highest BCUT2D eigenvalue weighted by molar-refractivity contribution is 6.05. The highest BCUT2D eigenvalue weighted by atomic mass is 19.4. The summed E-state index contributed by atoms with van der Waals surface area (Å²) in [6.45, 7) is 0.253. The van der Waals surface area contributed by atoms with Crippen LogP contribution in [0.1, 0.15) is 40.7 Å². The lowest BCUT2D eigenvalue weighted by Crippen LogP contribution is -2.36. The van der Waals surface area contributed by atoms with Crippen LogP contribution in [0, 0.1) is 5.92 Å². The van der Waals surface area contributed by atoms with Crippen molar-refractivity contribution in [1.82, 2.24) is 10.6 Å². The molecule has 0 bridgehead atoms. The van der Waals surface area contributed by atoms with Gasteiger partial charge in [0.05, 0.1) is 18.8 Å². The van der Waals surface area contributed by atoms with Crippen molar-refractivity contribution < 1.29 is 32.6 Å². The van der Waals surface area contributed by atoms with Crippen LogP contribution in [0.5, 0.6) is 5.75 Å². The van der Waals surface area contributed by atoms with E-state index < -0.39 is 23.6 Å².